The Labute approximate surface area is 168 Å². The van der Waals surface area contributed by atoms with Crippen molar-refractivity contribution in [1.82, 2.24) is 19.5 Å². The molecule has 2 heterocycles. The summed E-state index contributed by atoms with van der Waals surface area (Å²) in [5, 5.41) is 3.94. The van der Waals surface area contributed by atoms with Crippen molar-refractivity contribution in [3.63, 3.8) is 0 Å². The number of aryl methyl sites for hydroxylation is 1. The molecule has 1 N–H and O–H groups in total. The molecule has 0 saturated heterocycles. The van der Waals surface area contributed by atoms with Crippen LogP contribution in [0.4, 0.5) is 0 Å². The minimum atomic E-state index is -0.406. The molecule has 0 radical (unpaired) electrons. The van der Waals surface area contributed by atoms with Crippen molar-refractivity contribution in [2.24, 2.45) is 0 Å². The fourth-order valence-electron chi connectivity index (χ4n) is 3.88. The molecule has 4 aromatic rings. The summed E-state index contributed by atoms with van der Waals surface area (Å²) in [6.45, 7) is 4.43. The molecule has 29 heavy (non-hydrogen) atoms. The van der Waals surface area contributed by atoms with E-state index >= 15 is 0 Å². The smallest absolute Gasteiger partial charge is 0.273 e. The van der Waals surface area contributed by atoms with Crippen molar-refractivity contribution in [3.8, 4) is 0 Å². The Kier molecular flexibility index (Phi) is 5.16. The lowest BCUT2D eigenvalue weighted by Crippen LogP contribution is -2.35. The highest BCUT2D eigenvalue weighted by Gasteiger charge is 2.24. The number of nitrogens with one attached hydrogen (secondary N) is 1. The van der Waals surface area contributed by atoms with Gasteiger partial charge in [0.15, 0.2) is 5.65 Å². The second-order valence-electron chi connectivity index (χ2n) is 7.18. The number of aromatic nitrogens is 3. The zero-order valence-corrected chi connectivity index (χ0v) is 16.6. The molecule has 4 rings (SSSR count). The molecule has 0 saturated carbocycles. The van der Waals surface area contributed by atoms with E-state index in [2.05, 4.69) is 22.4 Å². The van der Waals surface area contributed by atoms with Gasteiger partial charge in [-0.2, -0.15) is 4.98 Å². The topological polar surface area (TPSA) is 68.4 Å². The lowest BCUT2D eigenvalue weighted by Gasteiger charge is -2.20. The van der Waals surface area contributed by atoms with Crippen LogP contribution in [0.5, 0.6) is 0 Å². The molecule has 1 atom stereocenters. The molecule has 1 amide bonds. The van der Waals surface area contributed by atoms with E-state index < -0.39 is 6.04 Å². The summed E-state index contributed by atoms with van der Waals surface area (Å²) in [5.74, 6) is -0.0378. The van der Waals surface area contributed by atoms with Crippen LogP contribution in [-0.2, 0) is 11.2 Å². The van der Waals surface area contributed by atoms with E-state index in [0.717, 1.165) is 23.0 Å². The third-order valence-corrected chi connectivity index (χ3v) is 5.23. The van der Waals surface area contributed by atoms with E-state index in [1.165, 1.54) is 11.6 Å². The van der Waals surface area contributed by atoms with E-state index in [1.807, 2.05) is 65.5 Å². The van der Waals surface area contributed by atoms with E-state index in [1.54, 1.807) is 0 Å². The highest BCUT2D eigenvalue weighted by Crippen LogP contribution is 2.26. The second kappa shape index (κ2) is 7.91. The first-order chi connectivity index (χ1) is 14.1. The van der Waals surface area contributed by atoms with Crippen LogP contribution in [0, 0.1) is 6.92 Å². The minimum Gasteiger partial charge on any atom is -0.354 e. The molecule has 0 aliphatic rings. The summed E-state index contributed by atoms with van der Waals surface area (Å²) >= 11 is 0. The van der Waals surface area contributed by atoms with Crippen LogP contribution < -0.4 is 10.9 Å². The van der Waals surface area contributed by atoms with Crippen LogP contribution in [0.2, 0.25) is 0 Å². The predicted octanol–water partition coefficient (Wildman–Crippen LogP) is 3.27. The van der Waals surface area contributed by atoms with Gasteiger partial charge in [-0.3, -0.25) is 14.3 Å². The first-order valence-electron chi connectivity index (χ1n) is 9.91. The Morgan fingerprint density at radius 1 is 1.10 bits per heavy atom. The average molecular weight is 388 g/mol. The second-order valence-corrected chi connectivity index (χ2v) is 7.18. The molecule has 0 aliphatic carbocycles. The van der Waals surface area contributed by atoms with Gasteiger partial charge in [-0.1, -0.05) is 49.4 Å². The largest absolute Gasteiger partial charge is 0.354 e. The van der Waals surface area contributed by atoms with Crippen molar-refractivity contribution in [2.45, 2.75) is 32.7 Å². The zero-order valence-electron chi connectivity index (χ0n) is 16.6. The fraction of sp³-hybridized carbons (Fsp3) is 0.261. The Morgan fingerprint density at radius 2 is 1.83 bits per heavy atom. The SMILES string of the molecule is CC[C@@H](C(=O)NCCc1ccccc1)n1c2ccccc2c2nc(=O)cc(C)n21. The van der Waals surface area contributed by atoms with E-state index in [0.29, 0.717) is 18.6 Å². The van der Waals surface area contributed by atoms with Crippen molar-refractivity contribution in [1.29, 1.82) is 0 Å². The van der Waals surface area contributed by atoms with Crippen molar-refractivity contribution < 1.29 is 4.79 Å². The maximum atomic E-state index is 13.1. The first-order valence-corrected chi connectivity index (χ1v) is 9.91. The molecular formula is C23H24N4O2. The molecule has 0 bridgehead atoms. The number of hydrogen-bond donors (Lipinski definition) is 1. The van der Waals surface area contributed by atoms with Gasteiger partial charge >= 0.3 is 0 Å². The van der Waals surface area contributed by atoms with Crippen LogP contribution in [0.25, 0.3) is 16.6 Å². The summed E-state index contributed by atoms with van der Waals surface area (Å²) in [7, 11) is 0. The van der Waals surface area contributed by atoms with Crippen LogP contribution in [-0.4, -0.2) is 26.6 Å². The summed E-state index contributed by atoms with van der Waals surface area (Å²) in [5.41, 5.74) is 3.15. The molecule has 2 aromatic heterocycles. The third kappa shape index (κ3) is 3.53. The number of carbonyl (C=O) groups excluding carboxylic acids is 1. The van der Waals surface area contributed by atoms with Crippen LogP contribution in [0.15, 0.2) is 65.5 Å². The Hall–Kier alpha value is -3.41. The van der Waals surface area contributed by atoms with Gasteiger partial charge in [0.05, 0.1) is 5.52 Å². The van der Waals surface area contributed by atoms with Gasteiger partial charge in [0.1, 0.15) is 6.04 Å². The van der Waals surface area contributed by atoms with Gasteiger partial charge in [0.25, 0.3) is 5.56 Å². The summed E-state index contributed by atoms with van der Waals surface area (Å²) < 4.78 is 3.85. The standard InChI is InChI=1S/C23H24N4O2/c1-3-19(23(29)24-14-13-17-9-5-4-6-10-17)27-20-12-8-7-11-18(20)22-25-21(28)15-16(2)26(22)27/h4-12,15,19H,3,13-14H2,1-2H3,(H,24,29)/t19-/m0/s1. The summed E-state index contributed by atoms with van der Waals surface area (Å²) in [6, 6.07) is 19.0. The normalized spacial score (nSPS) is 12.3. The monoisotopic (exact) mass is 388 g/mol. The van der Waals surface area contributed by atoms with Crippen LogP contribution in [0.1, 0.15) is 30.6 Å². The van der Waals surface area contributed by atoms with Gasteiger partial charge in [-0.15, -0.1) is 0 Å². The molecule has 6 nitrogen and oxygen atoms in total. The number of rotatable bonds is 6. The van der Waals surface area contributed by atoms with Gasteiger partial charge < -0.3 is 5.32 Å². The molecule has 0 unspecified atom stereocenters. The van der Waals surface area contributed by atoms with Gasteiger partial charge in [0.2, 0.25) is 5.91 Å². The molecular weight excluding hydrogens is 364 g/mol. The Bertz CT molecular complexity index is 1220. The third-order valence-electron chi connectivity index (χ3n) is 5.23. The highest BCUT2D eigenvalue weighted by atomic mass is 16.2. The average Bonchev–Trinajstić information content (AvgIpc) is 3.04. The minimum absolute atomic E-state index is 0.0378. The van der Waals surface area contributed by atoms with Gasteiger partial charge in [-0.25, -0.2) is 4.52 Å². The maximum absolute atomic E-state index is 13.1. The van der Waals surface area contributed by atoms with E-state index in [9.17, 15) is 9.59 Å². The zero-order chi connectivity index (χ0) is 20.4. The lowest BCUT2D eigenvalue weighted by molar-refractivity contribution is -0.124. The summed E-state index contributed by atoms with van der Waals surface area (Å²) in [4.78, 5) is 29.3. The number of para-hydroxylation sites is 1. The van der Waals surface area contributed by atoms with Crippen molar-refractivity contribution in [3.05, 3.63) is 82.3 Å². The molecule has 148 valence electrons. The molecule has 2 aromatic carbocycles. The van der Waals surface area contributed by atoms with E-state index in [-0.39, 0.29) is 11.5 Å². The Balaban J connectivity index is 1.71. The maximum Gasteiger partial charge on any atom is 0.273 e. The number of fused-ring (bicyclic) bond motifs is 3. The summed E-state index contributed by atoms with van der Waals surface area (Å²) in [6.07, 6.45) is 1.40. The van der Waals surface area contributed by atoms with E-state index in [4.69, 9.17) is 0 Å². The van der Waals surface area contributed by atoms with Gasteiger partial charge in [0, 0.05) is 23.7 Å². The number of carbonyl (C=O) groups is 1. The van der Waals surface area contributed by atoms with Crippen LogP contribution >= 0.6 is 0 Å². The number of hydrogen-bond acceptors (Lipinski definition) is 3. The van der Waals surface area contributed by atoms with Crippen molar-refractivity contribution >= 4 is 22.5 Å². The molecule has 0 aliphatic heterocycles. The van der Waals surface area contributed by atoms with Crippen molar-refractivity contribution in [2.75, 3.05) is 6.54 Å². The fourth-order valence-corrected chi connectivity index (χ4v) is 3.88. The number of amides is 1. The highest BCUT2D eigenvalue weighted by molar-refractivity contribution is 5.94. The number of nitrogens with zero attached hydrogens (tertiary/aromatic N) is 3. The molecule has 6 heteroatoms. The number of benzene rings is 2. The van der Waals surface area contributed by atoms with Gasteiger partial charge in [-0.05, 0) is 37.5 Å². The molecule has 0 spiro atoms. The first kappa shape index (κ1) is 18.9. The van der Waals surface area contributed by atoms with Crippen LogP contribution in [0.3, 0.4) is 0 Å². The Morgan fingerprint density at radius 3 is 2.59 bits per heavy atom. The quantitative estimate of drug-likeness (QED) is 0.551. The lowest BCUT2D eigenvalue weighted by atomic mass is 10.1. The molecule has 0 fully saturated rings. The predicted molar refractivity (Wildman–Crippen MR) is 114 cm³/mol.